The first kappa shape index (κ1) is 19.4. The van der Waals surface area contributed by atoms with E-state index in [0.717, 1.165) is 31.2 Å². The number of nitrogens with one attached hydrogen (secondary N) is 1. The fourth-order valence-corrected chi connectivity index (χ4v) is 4.39. The van der Waals surface area contributed by atoms with Gasteiger partial charge in [-0.3, -0.25) is 0 Å². The summed E-state index contributed by atoms with van der Waals surface area (Å²) in [5.41, 5.74) is 1.47. The maximum Gasteiger partial charge on any atom is 0.264 e. The van der Waals surface area contributed by atoms with Gasteiger partial charge in [0.1, 0.15) is 6.10 Å². The molecule has 0 amide bonds. The minimum absolute atomic E-state index is 0.000940. The molecule has 0 radical (unpaired) electrons. The van der Waals surface area contributed by atoms with E-state index >= 15 is 0 Å². The first-order valence-electron chi connectivity index (χ1n) is 9.79. The zero-order valence-electron chi connectivity index (χ0n) is 16.0. The Hall–Kier alpha value is -2.93. The van der Waals surface area contributed by atoms with E-state index in [-0.39, 0.29) is 16.9 Å². The van der Waals surface area contributed by atoms with E-state index in [0.29, 0.717) is 11.6 Å². The topological polar surface area (TPSA) is 81.2 Å². The molecule has 2 aromatic carbocycles. The van der Waals surface area contributed by atoms with Crippen LogP contribution < -0.4 is 9.46 Å². The summed E-state index contributed by atoms with van der Waals surface area (Å²) in [5.74, 6) is 0.387. The summed E-state index contributed by atoms with van der Waals surface area (Å²) in [5, 5.41) is 0. The van der Waals surface area contributed by atoms with Crippen molar-refractivity contribution in [3.8, 4) is 17.1 Å². The second kappa shape index (κ2) is 8.61. The molecule has 1 heterocycles. The van der Waals surface area contributed by atoms with Gasteiger partial charge in [0.15, 0.2) is 0 Å². The van der Waals surface area contributed by atoms with Gasteiger partial charge in [-0.2, -0.15) is 4.98 Å². The van der Waals surface area contributed by atoms with Gasteiger partial charge in [0.05, 0.1) is 10.6 Å². The van der Waals surface area contributed by atoms with E-state index in [1.54, 1.807) is 24.3 Å². The average Bonchev–Trinajstić information content (AvgIpc) is 2.75. The Morgan fingerprint density at radius 3 is 2.21 bits per heavy atom. The molecule has 150 valence electrons. The summed E-state index contributed by atoms with van der Waals surface area (Å²) in [4.78, 5) is 8.92. The molecule has 29 heavy (non-hydrogen) atoms. The molecule has 3 aromatic rings. The summed E-state index contributed by atoms with van der Waals surface area (Å²) in [7, 11) is -3.79. The maximum atomic E-state index is 12.7. The number of benzene rings is 2. The normalized spacial score (nSPS) is 15.0. The van der Waals surface area contributed by atoms with Crippen LogP contribution in [0.4, 0.5) is 5.95 Å². The van der Waals surface area contributed by atoms with E-state index in [2.05, 4.69) is 14.7 Å². The van der Waals surface area contributed by atoms with Crippen molar-refractivity contribution in [3.63, 3.8) is 0 Å². The highest BCUT2D eigenvalue weighted by atomic mass is 32.2. The molecule has 0 aliphatic heterocycles. The number of sulfonamides is 1. The van der Waals surface area contributed by atoms with Crippen molar-refractivity contribution in [2.24, 2.45) is 0 Å². The number of hydrogen-bond donors (Lipinski definition) is 1. The third kappa shape index (κ3) is 4.92. The highest BCUT2D eigenvalue weighted by Crippen LogP contribution is 2.27. The monoisotopic (exact) mass is 409 g/mol. The Kier molecular flexibility index (Phi) is 5.76. The van der Waals surface area contributed by atoms with Crippen LogP contribution in [0.15, 0.2) is 71.6 Å². The van der Waals surface area contributed by atoms with Crippen molar-refractivity contribution in [1.29, 1.82) is 0 Å². The van der Waals surface area contributed by atoms with E-state index in [4.69, 9.17) is 4.74 Å². The molecule has 0 bridgehead atoms. The van der Waals surface area contributed by atoms with E-state index in [9.17, 15) is 8.42 Å². The van der Waals surface area contributed by atoms with Crippen LogP contribution in [0.5, 0.6) is 5.88 Å². The van der Waals surface area contributed by atoms with Crippen LogP contribution in [-0.2, 0) is 10.0 Å². The number of nitrogens with zero attached hydrogens (tertiary/aromatic N) is 2. The Labute approximate surface area is 171 Å². The van der Waals surface area contributed by atoms with Gasteiger partial charge in [-0.05, 0) is 37.8 Å². The zero-order valence-corrected chi connectivity index (χ0v) is 16.8. The highest BCUT2D eigenvalue weighted by Gasteiger charge is 2.20. The third-order valence-corrected chi connectivity index (χ3v) is 6.24. The van der Waals surface area contributed by atoms with Crippen molar-refractivity contribution >= 4 is 16.0 Å². The first-order chi connectivity index (χ1) is 14.1. The standard InChI is InChI=1S/C22H23N3O3S/c26-29(27,19-14-8-3-9-15-19)25-22-23-20(17-10-4-1-5-11-17)16-21(24-22)28-18-12-6-2-7-13-18/h1,3-5,8-11,14-16,18H,2,6-7,12-13H2,(H,23,24,25). The molecule has 1 fully saturated rings. The molecule has 6 nitrogen and oxygen atoms in total. The van der Waals surface area contributed by atoms with Gasteiger partial charge in [0.2, 0.25) is 11.8 Å². The van der Waals surface area contributed by atoms with Crippen LogP contribution in [0.1, 0.15) is 32.1 Å². The number of anilines is 1. The van der Waals surface area contributed by atoms with Crippen LogP contribution in [0, 0.1) is 0 Å². The molecular weight excluding hydrogens is 386 g/mol. The van der Waals surface area contributed by atoms with Crippen LogP contribution in [-0.4, -0.2) is 24.5 Å². The molecule has 1 aliphatic carbocycles. The lowest BCUT2D eigenvalue weighted by Gasteiger charge is -2.22. The summed E-state index contributed by atoms with van der Waals surface area (Å²) in [6.45, 7) is 0. The molecule has 1 aromatic heterocycles. The lowest BCUT2D eigenvalue weighted by molar-refractivity contribution is 0.149. The first-order valence-corrected chi connectivity index (χ1v) is 11.3. The summed E-state index contributed by atoms with van der Waals surface area (Å²) < 4.78 is 34.0. The molecule has 0 saturated heterocycles. The Balaban J connectivity index is 1.67. The fraction of sp³-hybridized carbons (Fsp3) is 0.273. The number of aromatic nitrogens is 2. The van der Waals surface area contributed by atoms with Gasteiger partial charge in [0, 0.05) is 11.6 Å². The van der Waals surface area contributed by atoms with Crippen molar-refractivity contribution in [1.82, 2.24) is 9.97 Å². The summed E-state index contributed by atoms with van der Waals surface area (Å²) in [6, 6.07) is 19.5. The van der Waals surface area contributed by atoms with Gasteiger partial charge in [-0.15, -0.1) is 0 Å². The highest BCUT2D eigenvalue weighted by molar-refractivity contribution is 7.92. The predicted molar refractivity (Wildman–Crippen MR) is 112 cm³/mol. The van der Waals surface area contributed by atoms with E-state index < -0.39 is 10.0 Å². The van der Waals surface area contributed by atoms with Crippen LogP contribution >= 0.6 is 0 Å². The molecule has 0 spiro atoms. The maximum absolute atomic E-state index is 12.7. The van der Waals surface area contributed by atoms with Crippen LogP contribution in [0.3, 0.4) is 0 Å². The Morgan fingerprint density at radius 1 is 0.862 bits per heavy atom. The van der Waals surface area contributed by atoms with Crippen molar-refractivity contribution in [2.75, 3.05) is 4.72 Å². The molecule has 7 heteroatoms. The van der Waals surface area contributed by atoms with Gasteiger partial charge >= 0.3 is 0 Å². The SMILES string of the molecule is O=S(=O)(Nc1nc(OC2CCCCC2)cc(-c2ccccc2)n1)c1ccccc1. The summed E-state index contributed by atoms with van der Waals surface area (Å²) in [6.07, 6.45) is 5.55. The molecule has 1 saturated carbocycles. The fourth-order valence-electron chi connectivity index (χ4n) is 3.42. The number of ether oxygens (including phenoxy) is 1. The van der Waals surface area contributed by atoms with Crippen molar-refractivity contribution in [2.45, 2.75) is 43.1 Å². The van der Waals surface area contributed by atoms with Gasteiger partial charge in [-0.25, -0.2) is 18.1 Å². The number of hydrogen-bond acceptors (Lipinski definition) is 5. The van der Waals surface area contributed by atoms with Crippen molar-refractivity contribution in [3.05, 3.63) is 66.7 Å². The average molecular weight is 410 g/mol. The largest absolute Gasteiger partial charge is 0.474 e. The van der Waals surface area contributed by atoms with Gasteiger partial charge in [-0.1, -0.05) is 55.0 Å². The second-order valence-electron chi connectivity index (χ2n) is 7.08. The molecule has 0 atom stereocenters. The smallest absolute Gasteiger partial charge is 0.264 e. The summed E-state index contributed by atoms with van der Waals surface area (Å²) >= 11 is 0. The zero-order chi connectivity index (χ0) is 20.1. The minimum Gasteiger partial charge on any atom is -0.474 e. The van der Waals surface area contributed by atoms with Gasteiger partial charge < -0.3 is 4.74 Å². The molecule has 1 N–H and O–H groups in total. The Morgan fingerprint density at radius 2 is 1.52 bits per heavy atom. The van der Waals surface area contributed by atoms with Crippen molar-refractivity contribution < 1.29 is 13.2 Å². The predicted octanol–water partition coefficient (Wildman–Crippen LogP) is 4.66. The second-order valence-corrected chi connectivity index (χ2v) is 8.76. The van der Waals surface area contributed by atoms with E-state index in [1.165, 1.54) is 18.6 Å². The quantitative estimate of drug-likeness (QED) is 0.641. The lowest BCUT2D eigenvalue weighted by atomic mass is 9.98. The lowest BCUT2D eigenvalue weighted by Crippen LogP contribution is -2.21. The number of rotatable bonds is 6. The molecule has 4 rings (SSSR count). The minimum atomic E-state index is -3.79. The third-order valence-electron chi connectivity index (χ3n) is 4.89. The van der Waals surface area contributed by atoms with E-state index in [1.807, 2.05) is 30.3 Å². The van der Waals surface area contributed by atoms with Gasteiger partial charge in [0.25, 0.3) is 10.0 Å². The van der Waals surface area contributed by atoms with Crippen LogP contribution in [0.2, 0.25) is 0 Å². The Bertz CT molecular complexity index is 1050. The molecule has 1 aliphatic rings. The van der Waals surface area contributed by atoms with Crippen LogP contribution in [0.25, 0.3) is 11.3 Å². The molecular formula is C22H23N3O3S. The molecule has 0 unspecified atom stereocenters.